The van der Waals surface area contributed by atoms with Gasteiger partial charge in [-0.1, -0.05) is 41.9 Å². The number of anilines is 3. The topological polar surface area (TPSA) is 92.0 Å². The van der Waals surface area contributed by atoms with Crippen LogP contribution in [0.2, 0.25) is 5.02 Å². The number of rotatable bonds is 10. The van der Waals surface area contributed by atoms with Gasteiger partial charge >= 0.3 is 5.97 Å². The summed E-state index contributed by atoms with van der Waals surface area (Å²) in [5.74, 6) is 1.32. The van der Waals surface area contributed by atoms with Gasteiger partial charge in [0.25, 0.3) is 0 Å². The third-order valence-electron chi connectivity index (χ3n) is 5.56. The van der Waals surface area contributed by atoms with E-state index in [2.05, 4.69) is 5.32 Å². The SMILES string of the molecule is COC(=O)c1sc(Nc2cc(OCc3ccc(OC)cc3)ccc2N)cc1OC(C)c1ccccc1Cl. The van der Waals surface area contributed by atoms with E-state index in [1.54, 1.807) is 31.4 Å². The molecule has 37 heavy (non-hydrogen) atoms. The van der Waals surface area contributed by atoms with Crippen molar-refractivity contribution in [3.8, 4) is 17.2 Å². The Morgan fingerprint density at radius 1 is 1.03 bits per heavy atom. The van der Waals surface area contributed by atoms with Crippen molar-refractivity contribution in [2.45, 2.75) is 19.6 Å². The van der Waals surface area contributed by atoms with E-state index in [0.29, 0.717) is 44.4 Å². The normalized spacial score (nSPS) is 11.5. The molecule has 0 radical (unpaired) electrons. The van der Waals surface area contributed by atoms with Crippen LogP contribution in [0.4, 0.5) is 16.4 Å². The Labute approximate surface area is 224 Å². The first kappa shape index (κ1) is 26.2. The van der Waals surface area contributed by atoms with Crippen molar-refractivity contribution in [1.82, 2.24) is 0 Å². The van der Waals surface area contributed by atoms with Crippen molar-refractivity contribution in [2.75, 3.05) is 25.3 Å². The molecule has 0 aliphatic rings. The fourth-order valence-electron chi connectivity index (χ4n) is 3.57. The Bertz CT molecular complexity index is 1370. The Kier molecular flexibility index (Phi) is 8.43. The van der Waals surface area contributed by atoms with Crippen molar-refractivity contribution in [3.05, 3.63) is 93.8 Å². The summed E-state index contributed by atoms with van der Waals surface area (Å²) in [4.78, 5) is 12.8. The number of esters is 1. The van der Waals surface area contributed by atoms with Crippen molar-refractivity contribution < 1.29 is 23.7 Å². The van der Waals surface area contributed by atoms with E-state index in [-0.39, 0.29) is 6.10 Å². The fourth-order valence-corrected chi connectivity index (χ4v) is 4.78. The van der Waals surface area contributed by atoms with Crippen LogP contribution in [0.3, 0.4) is 0 Å². The molecule has 0 aliphatic heterocycles. The van der Waals surface area contributed by atoms with E-state index >= 15 is 0 Å². The Balaban J connectivity index is 1.52. The van der Waals surface area contributed by atoms with Crippen LogP contribution in [0.1, 0.15) is 33.8 Å². The van der Waals surface area contributed by atoms with Crippen molar-refractivity contribution in [2.24, 2.45) is 0 Å². The molecule has 1 heterocycles. The van der Waals surface area contributed by atoms with Gasteiger partial charge < -0.3 is 30.0 Å². The molecule has 1 aromatic heterocycles. The second-order valence-electron chi connectivity index (χ2n) is 8.09. The van der Waals surface area contributed by atoms with Crippen molar-refractivity contribution in [3.63, 3.8) is 0 Å². The Morgan fingerprint density at radius 2 is 1.76 bits per heavy atom. The minimum Gasteiger partial charge on any atom is -0.497 e. The van der Waals surface area contributed by atoms with Crippen molar-refractivity contribution in [1.29, 1.82) is 0 Å². The molecule has 9 heteroatoms. The van der Waals surface area contributed by atoms with Gasteiger partial charge in [0.05, 0.1) is 30.6 Å². The minimum absolute atomic E-state index is 0.328. The average Bonchev–Trinajstić information content (AvgIpc) is 3.31. The third-order valence-corrected chi connectivity index (χ3v) is 6.92. The molecule has 4 rings (SSSR count). The van der Waals surface area contributed by atoms with E-state index in [0.717, 1.165) is 16.9 Å². The number of nitrogen functional groups attached to an aromatic ring is 1. The van der Waals surface area contributed by atoms with Gasteiger partial charge in [-0.15, -0.1) is 11.3 Å². The highest BCUT2D eigenvalue weighted by Gasteiger charge is 2.22. The number of ether oxygens (including phenoxy) is 4. The molecule has 1 unspecified atom stereocenters. The summed E-state index contributed by atoms with van der Waals surface area (Å²) >= 11 is 7.53. The van der Waals surface area contributed by atoms with E-state index in [4.69, 9.17) is 36.3 Å². The molecule has 0 fully saturated rings. The molecule has 7 nitrogen and oxygen atoms in total. The van der Waals surface area contributed by atoms with Crippen LogP contribution < -0.4 is 25.3 Å². The molecule has 4 aromatic rings. The molecule has 192 valence electrons. The Hall–Kier alpha value is -3.88. The van der Waals surface area contributed by atoms with Crippen LogP contribution in [-0.4, -0.2) is 20.2 Å². The summed E-state index contributed by atoms with van der Waals surface area (Å²) < 4.78 is 22.2. The smallest absolute Gasteiger partial charge is 0.351 e. The molecular weight excluding hydrogens is 512 g/mol. The van der Waals surface area contributed by atoms with Crippen LogP contribution in [0.15, 0.2) is 72.8 Å². The van der Waals surface area contributed by atoms with Crippen LogP contribution in [-0.2, 0) is 11.3 Å². The zero-order chi connectivity index (χ0) is 26.4. The van der Waals surface area contributed by atoms with Crippen LogP contribution in [0, 0.1) is 0 Å². The molecule has 0 saturated heterocycles. The first-order valence-corrected chi connectivity index (χ1v) is 12.6. The van der Waals surface area contributed by atoms with Gasteiger partial charge in [-0.25, -0.2) is 4.79 Å². The number of nitrogens with one attached hydrogen (secondary N) is 1. The highest BCUT2D eigenvalue weighted by molar-refractivity contribution is 7.18. The molecule has 3 N–H and O–H groups in total. The number of methoxy groups -OCH3 is 2. The van der Waals surface area contributed by atoms with Gasteiger partial charge in [-0.3, -0.25) is 0 Å². The molecule has 0 spiro atoms. The number of carbonyl (C=O) groups excluding carboxylic acids is 1. The molecule has 0 aliphatic carbocycles. The highest BCUT2D eigenvalue weighted by Crippen LogP contribution is 2.40. The number of hydrogen-bond donors (Lipinski definition) is 2. The number of nitrogens with two attached hydrogens (primary N) is 1. The predicted octanol–water partition coefficient (Wildman–Crippen LogP) is 7.24. The second-order valence-corrected chi connectivity index (χ2v) is 9.55. The lowest BCUT2D eigenvalue weighted by Crippen LogP contribution is -2.07. The third kappa shape index (κ3) is 6.47. The van der Waals surface area contributed by atoms with E-state index in [9.17, 15) is 4.79 Å². The minimum atomic E-state index is -0.496. The van der Waals surface area contributed by atoms with Gasteiger partial charge in [0, 0.05) is 22.7 Å². The van der Waals surface area contributed by atoms with E-state index in [1.165, 1.54) is 18.4 Å². The maximum atomic E-state index is 12.5. The van der Waals surface area contributed by atoms with E-state index < -0.39 is 5.97 Å². The first-order chi connectivity index (χ1) is 17.9. The summed E-state index contributed by atoms with van der Waals surface area (Å²) in [6.45, 7) is 2.26. The first-order valence-electron chi connectivity index (χ1n) is 11.4. The van der Waals surface area contributed by atoms with Gasteiger partial charge in [0.1, 0.15) is 30.0 Å². The lowest BCUT2D eigenvalue weighted by Gasteiger charge is -2.16. The lowest BCUT2D eigenvalue weighted by atomic mass is 10.1. The molecule has 3 aromatic carbocycles. The standard InChI is InChI=1S/C28H27ClN2O5S/c1-17(21-6-4-5-7-22(21)29)36-25-15-26(37-27(25)28(32)34-3)31-24-14-20(12-13-23(24)30)35-16-18-8-10-19(33-2)11-9-18/h4-15,17,31H,16,30H2,1-3H3. The summed E-state index contributed by atoms with van der Waals surface area (Å²) in [6.07, 6.45) is -0.390. The molecular formula is C28H27ClN2O5S. The number of carbonyl (C=O) groups is 1. The summed E-state index contributed by atoms with van der Waals surface area (Å²) in [6, 6.07) is 22.2. The molecule has 0 bridgehead atoms. The fraction of sp³-hybridized carbons (Fsp3) is 0.179. The average molecular weight is 539 g/mol. The van der Waals surface area contributed by atoms with Crippen LogP contribution in [0.25, 0.3) is 0 Å². The van der Waals surface area contributed by atoms with Crippen LogP contribution >= 0.6 is 22.9 Å². The van der Waals surface area contributed by atoms with Gasteiger partial charge in [-0.2, -0.15) is 0 Å². The molecule has 0 amide bonds. The summed E-state index contributed by atoms with van der Waals surface area (Å²) in [7, 11) is 2.96. The second kappa shape index (κ2) is 11.9. The summed E-state index contributed by atoms with van der Waals surface area (Å²) in [5, 5.41) is 4.51. The van der Waals surface area contributed by atoms with E-state index in [1.807, 2.05) is 55.5 Å². The zero-order valence-corrected chi connectivity index (χ0v) is 22.2. The molecule has 0 saturated carbocycles. The maximum Gasteiger partial charge on any atom is 0.351 e. The quantitative estimate of drug-likeness (QED) is 0.162. The Morgan fingerprint density at radius 3 is 2.46 bits per heavy atom. The predicted molar refractivity (Wildman–Crippen MR) is 148 cm³/mol. The van der Waals surface area contributed by atoms with Crippen LogP contribution in [0.5, 0.6) is 17.2 Å². The van der Waals surface area contributed by atoms with Gasteiger partial charge in [0.2, 0.25) is 0 Å². The summed E-state index contributed by atoms with van der Waals surface area (Å²) in [5.41, 5.74) is 9.19. The number of halogens is 1. The zero-order valence-electron chi connectivity index (χ0n) is 20.6. The maximum absolute atomic E-state index is 12.5. The number of hydrogen-bond acceptors (Lipinski definition) is 8. The lowest BCUT2D eigenvalue weighted by molar-refractivity contribution is 0.0600. The highest BCUT2D eigenvalue weighted by atomic mass is 35.5. The van der Waals surface area contributed by atoms with Gasteiger partial charge in [0.15, 0.2) is 4.88 Å². The number of thiophene rings is 1. The van der Waals surface area contributed by atoms with Crippen molar-refractivity contribution >= 4 is 45.3 Å². The molecule has 1 atom stereocenters. The van der Waals surface area contributed by atoms with Gasteiger partial charge in [-0.05, 0) is 42.8 Å². The number of benzene rings is 3. The monoisotopic (exact) mass is 538 g/mol. The largest absolute Gasteiger partial charge is 0.497 e.